The molecule has 0 aliphatic rings. The summed E-state index contributed by atoms with van der Waals surface area (Å²) < 4.78 is 4.55. The van der Waals surface area contributed by atoms with E-state index in [-0.39, 0.29) is 11.6 Å². The first kappa shape index (κ1) is 17.0. The van der Waals surface area contributed by atoms with Crippen molar-refractivity contribution >= 4 is 12.6 Å². The third kappa shape index (κ3) is 9.64. The first-order valence-corrected chi connectivity index (χ1v) is 5.92. The second kappa shape index (κ2) is 8.13. The van der Waals surface area contributed by atoms with Gasteiger partial charge in [-0.15, -0.1) is 0 Å². The maximum Gasteiger partial charge on any atom is 0.405 e. The van der Waals surface area contributed by atoms with Gasteiger partial charge in [0.1, 0.15) is 5.60 Å². The molecule has 0 spiro atoms. The van der Waals surface area contributed by atoms with E-state index in [1.807, 2.05) is 58.0 Å². The highest BCUT2D eigenvalue weighted by Gasteiger charge is 2.07. The molecule has 0 saturated heterocycles. The van der Waals surface area contributed by atoms with E-state index < -0.39 is 6.09 Å². The summed E-state index contributed by atoms with van der Waals surface area (Å²) >= 11 is 0. The minimum atomic E-state index is -0.994. The molecule has 0 fully saturated rings. The van der Waals surface area contributed by atoms with Gasteiger partial charge in [0.15, 0.2) is 0 Å². The number of carbonyl (C=O) groups excluding carboxylic acids is 1. The molecule has 0 aliphatic carbocycles. The van der Waals surface area contributed by atoms with E-state index in [0.29, 0.717) is 6.47 Å². The number of carboxylic acid groups (broad SMARTS) is 1. The second-order valence-corrected chi connectivity index (χ2v) is 4.91. The molecule has 1 aromatic rings. The Hall–Kier alpha value is -2.04. The lowest BCUT2D eigenvalue weighted by Crippen LogP contribution is -2.24. The van der Waals surface area contributed by atoms with Crippen LogP contribution in [-0.4, -0.2) is 23.3 Å². The van der Waals surface area contributed by atoms with Crippen LogP contribution < -0.4 is 5.32 Å². The van der Waals surface area contributed by atoms with Gasteiger partial charge in [0, 0.05) is 0 Å². The lowest BCUT2D eigenvalue weighted by molar-refractivity contribution is -0.138. The summed E-state index contributed by atoms with van der Waals surface area (Å²) in [7, 11) is 0. The zero-order chi connectivity index (χ0) is 14.9. The third-order valence-electron chi connectivity index (χ3n) is 2.04. The topological polar surface area (TPSA) is 75.6 Å². The van der Waals surface area contributed by atoms with Crippen molar-refractivity contribution in [1.82, 2.24) is 5.32 Å². The van der Waals surface area contributed by atoms with Gasteiger partial charge in [0.25, 0.3) is 6.47 Å². The van der Waals surface area contributed by atoms with Crippen LogP contribution >= 0.6 is 0 Å². The van der Waals surface area contributed by atoms with Crippen LogP contribution in [0, 0.1) is 0 Å². The van der Waals surface area contributed by atoms with Crippen molar-refractivity contribution in [1.29, 1.82) is 0 Å². The van der Waals surface area contributed by atoms with Crippen LogP contribution in [0.25, 0.3) is 0 Å². The van der Waals surface area contributed by atoms with Crippen LogP contribution in [0.15, 0.2) is 30.3 Å². The molecular weight excluding hydrogens is 246 g/mol. The Bertz CT molecular complexity index is 384. The summed E-state index contributed by atoms with van der Waals surface area (Å²) in [4.78, 5) is 19.9. The Morgan fingerprint density at radius 2 is 1.84 bits per heavy atom. The van der Waals surface area contributed by atoms with Crippen LogP contribution in [0.1, 0.15) is 39.3 Å². The summed E-state index contributed by atoms with van der Waals surface area (Å²) in [6, 6.07) is 9.30. The van der Waals surface area contributed by atoms with Gasteiger partial charge in [-0.2, -0.15) is 0 Å². The average molecular weight is 267 g/mol. The van der Waals surface area contributed by atoms with Gasteiger partial charge in [0.05, 0.1) is 6.04 Å². The Kier molecular flexibility index (Phi) is 7.26. The predicted octanol–water partition coefficient (Wildman–Crippen LogP) is 2.97. The van der Waals surface area contributed by atoms with Gasteiger partial charge < -0.3 is 15.2 Å². The summed E-state index contributed by atoms with van der Waals surface area (Å²) in [5, 5.41) is 10.8. The lowest BCUT2D eigenvalue weighted by Gasteiger charge is -2.14. The Labute approximate surface area is 113 Å². The van der Waals surface area contributed by atoms with Gasteiger partial charge in [0.2, 0.25) is 0 Å². The summed E-state index contributed by atoms with van der Waals surface area (Å²) in [5.41, 5.74) is 0.654. The highest BCUT2D eigenvalue weighted by molar-refractivity contribution is 5.65. The molecule has 19 heavy (non-hydrogen) atoms. The van der Waals surface area contributed by atoms with Crippen molar-refractivity contribution in [3.8, 4) is 0 Å². The molecular formula is C14H21NO4. The second-order valence-electron chi connectivity index (χ2n) is 4.91. The summed E-state index contributed by atoms with van der Waals surface area (Å²) in [6.45, 7) is 7.73. The Balaban J connectivity index is 0.000000399. The fourth-order valence-corrected chi connectivity index (χ4v) is 1.15. The molecule has 5 heteroatoms. The normalized spacial score (nSPS) is 11.6. The standard InChI is InChI=1S/C9H11NO2.C5H10O2/c1-7(10-9(11)12)8-5-3-2-4-6-8;1-5(2,3)7-4-6/h2-7,10H,1H3,(H,11,12);4H,1-3H3. The molecule has 0 aliphatic heterocycles. The minimum absolute atomic E-state index is 0.149. The number of amides is 1. The first-order chi connectivity index (χ1) is 8.76. The molecule has 0 bridgehead atoms. The fraction of sp³-hybridized carbons (Fsp3) is 0.429. The van der Waals surface area contributed by atoms with Crippen molar-refractivity contribution in [2.75, 3.05) is 0 Å². The van der Waals surface area contributed by atoms with Crippen LogP contribution in [0.2, 0.25) is 0 Å². The van der Waals surface area contributed by atoms with E-state index in [1.165, 1.54) is 0 Å². The van der Waals surface area contributed by atoms with Crippen molar-refractivity contribution < 1.29 is 19.4 Å². The molecule has 0 heterocycles. The number of benzene rings is 1. The fourth-order valence-electron chi connectivity index (χ4n) is 1.15. The Morgan fingerprint density at radius 1 is 1.32 bits per heavy atom. The SMILES string of the molecule is CC(C)(C)OC=O.CC(NC(=O)O)c1ccccc1. The maximum absolute atomic E-state index is 10.3. The van der Waals surface area contributed by atoms with Crippen LogP contribution in [0.5, 0.6) is 0 Å². The van der Waals surface area contributed by atoms with Gasteiger partial charge in [-0.05, 0) is 33.3 Å². The smallest absolute Gasteiger partial charge is 0.405 e. The molecule has 0 saturated carbocycles. The molecule has 0 radical (unpaired) electrons. The number of carbonyl (C=O) groups is 2. The number of hydrogen-bond acceptors (Lipinski definition) is 3. The van der Waals surface area contributed by atoms with E-state index >= 15 is 0 Å². The van der Waals surface area contributed by atoms with E-state index in [9.17, 15) is 9.59 Å². The van der Waals surface area contributed by atoms with E-state index in [1.54, 1.807) is 0 Å². The zero-order valence-corrected chi connectivity index (χ0v) is 11.7. The molecule has 1 atom stereocenters. The zero-order valence-electron chi connectivity index (χ0n) is 11.7. The number of ether oxygens (including phenoxy) is 1. The molecule has 5 nitrogen and oxygen atoms in total. The van der Waals surface area contributed by atoms with E-state index in [0.717, 1.165) is 5.56 Å². The average Bonchev–Trinajstić information content (AvgIpc) is 2.28. The number of rotatable bonds is 3. The summed E-state index contributed by atoms with van der Waals surface area (Å²) in [5.74, 6) is 0. The van der Waals surface area contributed by atoms with Gasteiger partial charge in [-0.3, -0.25) is 4.79 Å². The summed E-state index contributed by atoms with van der Waals surface area (Å²) in [6.07, 6.45) is -0.994. The van der Waals surface area contributed by atoms with Crippen LogP contribution in [0.3, 0.4) is 0 Å². The van der Waals surface area contributed by atoms with Gasteiger partial charge in [-0.25, -0.2) is 4.79 Å². The van der Waals surface area contributed by atoms with Crippen LogP contribution in [-0.2, 0) is 9.53 Å². The molecule has 106 valence electrons. The lowest BCUT2D eigenvalue weighted by atomic mass is 10.1. The minimum Gasteiger partial charge on any atom is -0.465 e. The maximum atomic E-state index is 10.3. The van der Waals surface area contributed by atoms with Crippen molar-refractivity contribution in [3.05, 3.63) is 35.9 Å². The molecule has 1 aromatic carbocycles. The largest absolute Gasteiger partial charge is 0.465 e. The van der Waals surface area contributed by atoms with Crippen molar-refractivity contribution in [2.24, 2.45) is 0 Å². The van der Waals surface area contributed by atoms with E-state index in [2.05, 4.69) is 10.1 Å². The molecule has 0 aromatic heterocycles. The molecule has 1 amide bonds. The molecule has 1 unspecified atom stereocenters. The third-order valence-corrected chi connectivity index (χ3v) is 2.04. The molecule has 2 N–H and O–H groups in total. The Morgan fingerprint density at radius 3 is 2.16 bits per heavy atom. The molecule has 1 rings (SSSR count). The predicted molar refractivity (Wildman–Crippen MR) is 72.9 cm³/mol. The number of nitrogens with one attached hydrogen (secondary N) is 1. The van der Waals surface area contributed by atoms with Crippen molar-refractivity contribution in [2.45, 2.75) is 39.3 Å². The quantitative estimate of drug-likeness (QED) is 0.825. The first-order valence-electron chi connectivity index (χ1n) is 5.92. The number of hydrogen-bond donors (Lipinski definition) is 2. The van der Waals surface area contributed by atoms with Gasteiger partial charge in [-0.1, -0.05) is 30.3 Å². The van der Waals surface area contributed by atoms with E-state index in [4.69, 9.17) is 5.11 Å². The van der Waals surface area contributed by atoms with Gasteiger partial charge >= 0.3 is 6.09 Å². The monoisotopic (exact) mass is 267 g/mol. The highest BCUT2D eigenvalue weighted by atomic mass is 16.5. The van der Waals surface area contributed by atoms with Crippen LogP contribution in [0.4, 0.5) is 4.79 Å². The van der Waals surface area contributed by atoms with Crippen molar-refractivity contribution in [3.63, 3.8) is 0 Å². The highest BCUT2D eigenvalue weighted by Crippen LogP contribution is 2.10.